The van der Waals surface area contributed by atoms with E-state index >= 15 is 0 Å². The summed E-state index contributed by atoms with van der Waals surface area (Å²) in [5, 5.41) is 10.3. The monoisotopic (exact) mass is 168 g/mol. The molecule has 1 N–H and O–H groups in total. The molecule has 12 heavy (non-hydrogen) atoms. The molecule has 0 amide bonds. The molecule has 0 bridgehead atoms. The molecular formula is C11H20O. The SMILES string of the molecule is CC[C@]1(O)CCC(C)=CC1(C)C. The van der Waals surface area contributed by atoms with Crippen LogP contribution in [0.3, 0.4) is 0 Å². The van der Waals surface area contributed by atoms with E-state index in [1.807, 2.05) is 0 Å². The van der Waals surface area contributed by atoms with Crippen molar-refractivity contribution >= 4 is 0 Å². The lowest BCUT2D eigenvalue weighted by atomic mass is 9.66. The highest BCUT2D eigenvalue weighted by molar-refractivity contribution is 5.16. The van der Waals surface area contributed by atoms with Gasteiger partial charge in [0, 0.05) is 5.41 Å². The minimum atomic E-state index is -0.480. The third kappa shape index (κ3) is 1.42. The van der Waals surface area contributed by atoms with Gasteiger partial charge in [-0.1, -0.05) is 32.4 Å². The van der Waals surface area contributed by atoms with E-state index < -0.39 is 5.60 Å². The molecule has 0 unspecified atom stereocenters. The van der Waals surface area contributed by atoms with Gasteiger partial charge in [0.15, 0.2) is 0 Å². The van der Waals surface area contributed by atoms with Gasteiger partial charge in [-0.2, -0.15) is 0 Å². The molecule has 0 spiro atoms. The van der Waals surface area contributed by atoms with Gasteiger partial charge in [-0.25, -0.2) is 0 Å². The fourth-order valence-corrected chi connectivity index (χ4v) is 2.18. The maximum Gasteiger partial charge on any atom is 0.0733 e. The van der Waals surface area contributed by atoms with E-state index in [0.29, 0.717) is 0 Å². The fourth-order valence-electron chi connectivity index (χ4n) is 2.18. The first-order chi connectivity index (χ1) is 5.41. The second kappa shape index (κ2) is 2.88. The van der Waals surface area contributed by atoms with Gasteiger partial charge in [-0.3, -0.25) is 0 Å². The lowest BCUT2D eigenvalue weighted by Gasteiger charge is -2.44. The first kappa shape index (κ1) is 9.79. The minimum absolute atomic E-state index is 0.0515. The minimum Gasteiger partial charge on any atom is -0.389 e. The van der Waals surface area contributed by atoms with Gasteiger partial charge < -0.3 is 5.11 Å². The molecule has 1 aliphatic rings. The van der Waals surface area contributed by atoms with E-state index in [9.17, 15) is 5.11 Å². The van der Waals surface area contributed by atoms with Gasteiger partial charge in [-0.15, -0.1) is 0 Å². The Bertz CT molecular complexity index is 203. The topological polar surface area (TPSA) is 20.2 Å². The lowest BCUT2D eigenvalue weighted by molar-refractivity contribution is -0.0584. The first-order valence-electron chi connectivity index (χ1n) is 4.82. The molecule has 1 atom stereocenters. The van der Waals surface area contributed by atoms with Crippen molar-refractivity contribution in [2.75, 3.05) is 0 Å². The van der Waals surface area contributed by atoms with Crippen LogP contribution in [0.1, 0.15) is 47.0 Å². The Balaban J connectivity index is 2.96. The summed E-state index contributed by atoms with van der Waals surface area (Å²) in [5.41, 5.74) is 0.884. The van der Waals surface area contributed by atoms with Crippen molar-refractivity contribution in [2.45, 2.75) is 52.6 Å². The zero-order valence-electron chi connectivity index (χ0n) is 8.65. The third-order valence-corrected chi connectivity index (χ3v) is 3.32. The van der Waals surface area contributed by atoms with Crippen LogP contribution in [0.2, 0.25) is 0 Å². The summed E-state index contributed by atoms with van der Waals surface area (Å²) < 4.78 is 0. The molecule has 0 saturated carbocycles. The molecule has 0 heterocycles. The second-order valence-corrected chi connectivity index (χ2v) is 4.60. The van der Waals surface area contributed by atoms with E-state index in [0.717, 1.165) is 19.3 Å². The van der Waals surface area contributed by atoms with Gasteiger partial charge in [0.25, 0.3) is 0 Å². The second-order valence-electron chi connectivity index (χ2n) is 4.60. The van der Waals surface area contributed by atoms with Crippen LogP contribution in [0.4, 0.5) is 0 Å². The Labute approximate surface area is 75.5 Å². The molecule has 70 valence electrons. The smallest absolute Gasteiger partial charge is 0.0733 e. The van der Waals surface area contributed by atoms with E-state index in [4.69, 9.17) is 0 Å². The zero-order chi connectivity index (χ0) is 9.41. The van der Waals surface area contributed by atoms with Crippen LogP contribution in [-0.2, 0) is 0 Å². The summed E-state index contributed by atoms with van der Waals surface area (Å²) in [6, 6.07) is 0. The standard InChI is InChI=1S/C11H20O/c1-5-11(12)7-6-9(2)8-10(11,3)4/h8,12H,5-7H2,1-4H3/t11-/m0/s1. The molecule has 0 aromatic carbocycles. The van der Waals surface area contributed by atoms with Gasteiger partial charge in [-0.05, 0) is 26.2 Å². The Hall–Kier alpha value is -0.300. The zero-order valence-corrected chi connectivity index (χ0v) is 8.65. The molecule has 0 saturated heterocycles. The van der Waals surface area contributed by atoms with Gasteiger partial charge in [0.05, 0.1) is 5.60 Å². The van der Waals surface area contributed by atoms with Crippen LogP contribution in [0.25, 0.3) is 0 Å². The predicted molar refractivity (Wildman–Crippen MR) is 52.0 cm³/mol. The van der Waals surface area contributed by atoms with E-state index in [1.165, 1.54) is 5.57 Å². The van der Waals surface area contributed by atoms with Crippen molar-refractivity contribution in [3.05, 3.63) is 11.6 Å². The lowest BCUT2D eigenvalue weighted by Crippen LogP contribution is -2.45. The van der Waals surface area contributed by atoms with Crippen molar-refractivity contribution in [3.63, 3.8) is 0 Å². The number of hydrogen-bond donors (Lipinski definition) is 1. The average Bonchev–Trinajstić information content (AvgIpc) is 1.97. The van der Waals surface area contributed by atoms with Crippen molar-refractivity contribution in [1.82, 2.24) is 0 Å². The highest BCUT2D eigenvalue weighted by atomic mass is 16.3. The highest BCUT2D eigenvalue weighted by Crippen LogP contribution is 2.43. The molecule has 1 aliphatic carbocycles. The van der Waals surface area contributed by atoms with Crippen LogP contribution in [0.15, 0.2) is 11.6 Å². The molecule has 1 rings (SSSR count). The Morgan fingerprint density at radius 1 is 1.50 bits per heavy atom. The molecule has 0 aliphatic heterocycles. The van der Waals surface area contributed by atoms with Crippen molar-refractivity contribution < 1.29 is 5.11 Å². The van der Waals surface area contributed by atoms with Crippen LogP contribution >= 0.6 is 0 Å². The van der Waals surface area contributed by atoms with Crippen molar-refractivity contribution in [1.29, 1.82) is 0 Å². The van der Waals surface area contributed by atoms with E-state index in [-0.39, 0.29) is 5.41 Å². The highest BCUT2D eigenvalue weighted by Gasteiger charge is 2.42. The molecule has 1 heteroatoms. The average molecular weight is 168 g/mol. The van der Waals surface area contributed by atoms with Crippen LogP contribution in [0.5, 0.6) is 0 Å². The molecule has 0 aromatic heterocycles. The Morgan fingerprint density at radius 3 is 2.50 bits per heavy atom. The Morgan fingerprint density at radius 2 is 2.08 bits per heavy atom. The number of rotatable bonds is 1. The largest absolute Gasteiger partial charge is 0.389 e. The molecule has 0 fully saturated rings. The summed E-state index contributed by atoms with van der Waals surface area (Å²) in [6.45, 7) is 8.46. The maximum atomic E-state index is 10.3. The summed E-state index contributed by atoms with van der Waals surface area (Å²) in [4.78, 5) is 0. The van der Waals surface area contributed by atoms with E-state index in [1.54, 1.807) is 0 Å². The van der Waals surface area contributed by atoms with Gasteiger partial charge in [0.2, 0.25) is 0 Å². The number of hydrogen-bond acceptors (Lipinski definition) is 1. The van der Waals surface area contributed by atoms with Crippen molar-refractivity contribution in [2.24, 2.45) is 5.41 Å². The third-order valence-electron chi connectivity index (χ3n) is 3.32. The molecule has 0 aromatic rings. The van der Waals surface area contributed by atoms with Crippen LogP contribution in [0, 0.1) is 5.41 Å². The Kier molecular flexibility index (Phi) is 2.35. The normalized spacial score (nSPS) is 34.6. The molecular weight excluding hydrogens is 148 g/mol. The van der Waals surface area contributed by atoms with Crippen molar-refractivity contribution in [3.8, 4) is 0 Å². The van der Waals surface area contributed by atoms with Crippen LogP contribution in [-0.4, -0.2) is 10.7 Å². The number of aliphatic hydroxyl groups is 1. The molecule has 0 radical (unpaired) electrons. The summed E-state index contributed by atoms with van der Waals surface area (Å²) in [7, 11) is 0. The maximum absolute atomic E-state index is 10.3. The van der Waals surface area contributed by atoms with Crippen LogP contribution < -0.4 is 0 Å². The fraction of sp³-hybridized carbons (Fsp3) is 0.818. The predicted octanol–water partition coefficient (Wildman–Crippen LogP) is 2.89. The summed E-state index contributed by atoms with van der Waals surface area (Å²) >= 11 is 0. The first-order valence-corrected chi connectivity index (χ1v) is 4.82. The number of allylic oxidation sites excluding steroid dienone is 1. The van der Waals surface area contributed by atoms with Gasteiger partial charge >= 0.3 is 0 Å². The quantitative estimate of drug-likeness (QED) is 0.597. The summed E-state index contributed by atoms with van der Waals surface area (Å²) in [5.74, 6) is 0. The van der Waals surface area contributed by atoms with E-state index in [2.05, 4.69) is 33.8 Å². The molecule has 1 nitrogen and oxygen atoms in total. The summed E-state index contributed by atoms with van der Waals surface area (Å²) in [6.07, 6.45) is 5.04. The van der Waals surface area contributed by atoms with Gasteiger partial charge in [0.1, 0.15) is 0 Å².